The van der Waals surface area contributed by atoms with Crippen molar-refractivity contribution in [3.63, 3.8) is 0 Å². The van der Waals surface area contributed by atoms with Crippen LogP contribution in [-0.4, -0.2) is 35.4 Å². The fourth-order valence-corrected chi connectivity index (χ4v) is 6.88. The van der Waals surface area contributed by atoms with Crippen molar-refractivity contribution in [2.24, 2.45) is 22.7 Å². The zero-order valence-electron chi connectivity index (χ0n) is 22.4. The number of cyclic esters (lactones) is 1. The van der Waals surface area contributed by atoms with Gasteiger partial charge in [0.05, 0.1) is 18.5 Å². The molecule has 8 nitrogen and oxygen atoms in total. The van der Waals surface area contributed by atoms with Crippen LogP contribution < -0.4 is 10.4 Å². The van der Waals surface area contributed by atoms with Crippen LogP contribution in [-0.2, 0) is 19.1 Å². The number of aliphatic hydroxyl groups is 1. The standard InChI is InChI=1S/C30H34O8/c1-17-12-25(38-27(17)33)36-15-19-14-29(4)22(28(2,3)26(19)32)10-11-30(5,34)23(29)16-35-20-8-6-18-7-9-24(31)37-21(18)13-20/h6-9,12-13,15,22-23,25,34H,10-11,14,16H2,1-5H3/b19-15+/t22-,23?,25?,29-,30+/m0/s1. The summed E-state index contributed by atoms with van der Waals surface area (Å²) < 4.78 is 22.4. The highest BCUT2D eigenvalue weighted by Crippen LogP contribution is 2.62. The van der Waals surface area contributed by atoms with Crippen LogP contribution >= 0.6 is 0 Å². The maximum atomic E-state index is 13.6. The minimum atomic E-state index is -1.03. The summed E-state index contributed by atoms with van der Waals surface area (Å²) in [6.07, 6.45) is 3.78. The van der Waals surface area contributed by atoms with Gasteiger partial charge in [0, 0.05) is 46.1 Å². The number of Topliss-reactive ketones (excluding diaryl/α,β-unsaturated/α-hetero) is 1. The van der Waals surface area contributed by atoms with E-state index in [0.29, 0.717) is 41.7 Å². The van der Waals surface area contributed by atoms with Crippen LogP contribution in [0.15, 0.2) is 63.0 Å². The molecular formula is C30H34O8. The van der Waals surface area contributed by atoms with Gasteiger partial charge in [-0.25, -0.2) is 9.59 Å². The molecule has 2 aliphatic carbocycles. The molecule has 1 aromatic heterocycles. The number of ketones is 1. The number of hydrogen-bond donors (Lipinski definition) is 1. The molecule has 5 rings (SSSR count). The van der Waals surface area contributed by atoms with Crippen LogP contribution in [0.25, 0.3) is 11.0 Å². The number of rotatable bonds is 5. The van der Waals surface area contributed by atoms with Gasteiger partial charge in [-0.3, -0.25) is 4.79 Å². The predicted molar refractivity (Wildman–Crippen MR) is 139 cm³/mol. The Bertz CT molecular complexity index is 1410. The lowest BCUT2D eigenvalue weighted by Gasteiger charge is -2.60. The molecule has 1 aliphatic heterocycles. The summed E-state index contributed by atoms with van der Waals surface area (Å²) in [5, 5.41) is 12.4. The summed E-state index contributed by atoms with van der Waals surface area (Å²) in [5.41, 5.74) is -1.26. The van der Waals surface area contributed by atoms with Crippen molar-refractivity contribution in [2.45, 2.75) is 65.8 Å². The molecule has 8 heteroatoms. The van der Waals surface area contributed by atoms with Crippen molar-refractivity contribution in [3.8, 4) is 5.75 Å². The Morgan fingerprint density at radius 3 is 2.55 bits per heavy atom. The van der Waals surface area contributed by atoms with E-state index in [1.807, 2.05) is 32.9 Å². The first-order valence-electron chi connectivity index (χ1n) is 13.0. The molecule has 2 fully saturated rings. The number of carbonyl (C=O) groups is 2. The zero-order valence-corrected chi connectivity index (χ0v) is 22.4. The molecule has 3 aliphatic rings. The summed E-state index contributed by atoms with van der Waals surface area (Å²) in [7, 11) is 0. The summed E-state index contributed by atoms with van der Waals surface area (Å²) in [5.74, 6) is -0.215. The topological polar surface area (TPSA) is 112 Å². The van der Waals surface area contributed by atoms with E-state index in [4.69, 9.17) is 18.6 Å². The van der Waals surface area contributed by atoms with Gasteiger partial charge < -0.3 is 23.7 Å². The average Bonchev–Trinajstić information content (AvgIpc) is 3.16. The molecule has 5 atom stereocenters. The number of carbonyl (C=O) groups excluding carboxylic acids is 2. The first kappa shape index (κ1) is 26.2. The lowest BCUT2D eigenvalue weighted by atomic mass is 9.45. The molecule has 0 radical (unpaired) electrons. The second-order valence-electron chi connectivity index (χ2n) is 11.9. The Morgan fingerprint density at radius 2 is 1.84 bits per heavy atom. The predicted octanol–water partition coefficient (Wildman–Crippen LogP) is 4.68. The molecular weight excluding hydrogens is 488 g/mol. The lowest BCUT2D eigenvalue weighted by Crippen LogP contribution is -2.61. The van der Waals surface area contributed by atoms with Crippen molar-refractivity contribution >= 4 is 22.7 Å². The van der Waals surface area contributed by atoms with E-state index in [-0.39, 0.29) is 24.2 Å². The number of fused-ring (bicyclic) bond motifs is 2. The van der Waals surface area contributed by atoms with Gasteiger partial charge in [0.15, 0.2) is 5.78 Å². The van der Waals surface area contributed by atoms with Crippen LogP contribution in [0, 0.1) is 22.7 Å². The van der Waals surface area contributed by atoms with Crippen LogP contribution in [0.3, 0.4) is 0 Å². The molecule has 0 saturated heterocycles. The number of hydrogen-bond acceptors (Lipinski definition) is 8. The van der Waals surface area contributed by atoms with Crippen molar-refractivity contribution in [1.29, 1.82) is 0 Å². The van der Waals surface area contributed by atoms with E-state index in [2.05, 4.69) is 6.92 Å². The number of benzene rings is 1. The molecule has 38 heavy (non-hydrogen) atoms. The van der Waals surface area contributed by atoms with Gasteiger partial charge in [0.2, 0.25) is 0 Å². The van der Waals surface area contributed by atoms with E-state index in [9.17, 15) is 19.5 Å². The Morgan fingerprint density at radius 1 is 1.11 bits per heavy atom. The Hall–Kier alpha value is -3.39. The molecule has 0 amide bonds. The molecule has 0 spiro atoms. The first-order chi connectivity index (χ1) is 17.8. The molecule has 2 unspecified atom stereocenters. The van der Waals surface area contributed by atoms with Gasteiger partial charge in [0.1, 0.15) is 11.3 Å². The molecule has 1 aromatic carbocycles. The fourth-order valence-electron chi connectivity index (χ4n) is 6.88. The van der Waals surface area contributed by atoms with Gasteiger partial charge in [-0.15, -0.1) is 0 Å². The SMILES string of the molecule is CC1=CC(O/C=C2\C[C@]3(C)C(COc4ccc5ccc(=O)oc5c4)[C@](C)(O)CC[C@H]3C(C)(C)C2=O)OC1=O. The quantitative estimate of drug-likeness (QED) is 0.261. The second kappa shape index (κ2) is 9.12. The molecule has 1 N–H and O–H groups in total. The molecule has 2 aromatic rings. The molecule has 202 valence electrons. The zero-order chi connectivity index (χ0) is 27.5. The number of esters is 1. The van der Waals surface area contributed by atoms with Crippen LogP contribution in [0.2, 0.25) is 0 Å². The summed E-state index contributed by atoms with van der Waals surface area (Å²) in [6.45, 7) is 9.71. The van der Waals surface area contributed by atoms with Crippen LogP contribution in [0.1, 0.15) is 53.9 Å². The fraction of sp³-hybridized carbons (Fsp3) is 0.500. The van der Waals surface area contributed by atoms with Crippen LogP contribution in [0.4, 0.5) is 0 Å². The molecule has 2 heterocycles. The third-order valence-electron chi connectivity index (χ3n) is 8.89. The third kappa shape index (κ3) is 4.45. The Balaban J connectivity index is 1.43. The first-order valence-corrected chi connectivity index (χ1v) is 13.0. The van der Waals surface area contributed by atoms with E-state index in [1.54, 1.807) is 25.1 Å². The number of ether oxygens (including phenoxy) is 3. The highest BCUT2D eigenvalue weighted by molar-refractivity contribution is 6.00. The largest absolute Gasteiger partial charge is 0.493 e. The van der Waals surface area contributed by atoms with Crippen molar-refractivity contribution < 1.29 is 33.3 Å². The summed E-state index contributed by atoms with van der Waals surface area (Å²) in [6, 6.07) is 8.39. The van der Waals surface area contributed by atoms with E-state index in [1.165, 1.54) is 12.3 Å². The second-order valence-corrected chi connectivity index (χ2v) is 11.9. The third-order valence-corrected chi connectivity index (χ3v) is 8.89. The van der Waals surface area contributed by atoms with Crippen LogP contribution in [0.5, 0.6) is 5.75 Å². The minimum absolute atomic E-state index is 0.00392. The maximum Gasteiger partial charge on any atom is 0.336 e. The normalized spacial score (nSPS) is 33.6. The van der Waals surface area contributed by atoms with Crippen molar-refractivity contribution in [2.75, 3.05) is 6.61 Å². The van der Waals surface area contributed by atoms with Gasteiger partial charge in [-0.05, 0) is 62.6 Å². The van der Waals surface area contributed by atoms with Gasteiger partial charge >= 0.3 is 11.6 Å². The maximum absolute atomic E-state index is 13.6. The Labute approximate surface area is 221 Å². The molecule has 0 bridgehead atoms. The van der Waals surface area contributed by atoms with Gasteiger partial charge in [-0.1, -0.05) is 20.8 Å². The highest BCUT2D eigenvalue weighted by Gasteiger charge is 2.62. The van der Waals surface area contributed by atoms with Gasteiger partial charge in [-0.2, -0.15) is 0 Å². The van der Waals surface area contributed by atoms with E-state index >= 15 is 0 Å². The van der Waals surface area contributed by atoms with Gasteiger partial charge in [0.25, 0.3) is 6.29 Å². The van der Waals surface area contributed by atoms with E-state index < -0.39 is 34.3 Å². The highest BCUT2D eigenvalue weighted by atomic mass is 16.7. The summed E-state index contributed by atoms with van der Waals surface area (Å²) >= 11 is 0. The summed E-state index contributed by atoms with van der Waals surface area (Å²) in [4.78, 5) is 36.9. The molecule has 2 saturated carbocycles. The smallest absolute Gasteiger partial charge is 0.336 e. The Kier molecular flexibility index (Phi) is 6.29. The van der Waals surface area contributed by atoms with E-state index in [0.717, 1.165) is 5.39 Å². The minimum Gasteiger partial charge on any atom is -0.493 e. The number of allylic oxidation sites excluding steroid dienone is 1. The monoisotopic (exact) mass is 522 g/mol. The van der Waals surface area contributed by atoms with Crippen molar-refractivity contribution in [3.05, 3.63) is 64.2 Å². The average molecular weight is 523 g/mol. The lowest BCUT2D eigenvalue weighted by molar-refractivity contribution is -0.175. The van der Waals surface area contributed by atoms with Crippen molar-refractivity contribution in [1.82, 2.24) is 0 Å².